The highest BCUT2D eigenvalue weighted by Crippen LogP contribution is 2.33. The lowest BCUT2D eigenvalue weighted by atomic mass is 9.78. The van der Waals surface area contributed by atoms with Crippen LogP contribution in [0.2, 0.25) is 0 Å². The van der Waals surface area contributed by atoms with E-state index in [1.165, 1.54) is 0 Å². The Morgan fingerprint density at radius 3 is 2.44 bits per heavy atom. The van der Waals surface area contributed by atoms with E-state index >= 15 is 0 Å². The van der Waals surface area contributed by atoms with E-state index in [1.54, 1.807) is 0 Å². The lowest BCUT2D eigenvalue weighted by Crippen LogP contribution is -2.55. The molecule has 18 heavy (non-hydrogen) atoms. The molecule has 0 aromatic carbocycles. The van der Waals surface area contributed by atoms with Gasteiger partial charge in [-0.1, -0.05) is 40.5 Å². The molecule has 0 aliphatic heterocycles. The van der Waals surface area contributed by atoms with Gasteiger partial charge in [0.25, 0.3) is 0 Å². The molecule has 2 unspecified atom stereocenters. The number of rotatable bonds is 4. The van der Waals surface area contributed by atoms with Crippen LogP contribution in [0.15, 0.2) is 0 Å². The summed E-state index contributed by atoms with van der Waals surface area (Å²) in [5.41, 5.74) is -0.912. The molecule has 1 aliphatic carbocycles. The summed E-state index contributed by atoms with van der Waals surface area (Å²) < 4.78 is 27.1. The Morgan fingerprint density at radius 1 is 1.39 bits per heavy atom. The molecule has 1 rings (SSSR count). The van der Waals surface area contributed by atoms with Crippen molar-refractivity contribution < 1.29 is 13.5 Å². The van der Waals surface area contributed by atoms with Crippen LogP contribution in [0.25, 0.3) is 0 Å². The highest BCUT2D eigenvalue weighted by Gasteiger charge is 2.38. The van der Waals surface area contributed by atoms with Crippen LogP contribution in [0, 0.1) is 11.3 Å². The average molecular weight is 277 g/mol. The van der Waals surface area contributed by atoms with Gasteiger partial charge in [-0.05, 0) is 24.2 Å². The van der Waals surface area contributed by atoms with Gasteiger partial charge in [0.05, 0.1) is 17.9 Å². The largest absolute Gasteiger partial charge is 0.394 e. The number of sulfonamides is 1. The van der Waals surface area contributed by atoms with Crippen molar-refractivity contribution in [3.8, 4) is 0 Å². The van der Waals surface area contributed by atoms with Crippen LogP contribution in [-0.4, -0.2) is 31.4 Å². The third-order valence-corrected chi connectivity index (χ3v) is 5.38. The van der Waals surface area contributed by atoms with Crippen LogP contribution in [0.1, 0.15) is 53.4 Å². The summed E-state index contributed by atoms with van der Waals surface area (Å²) in [6, 6.07) is 0. The van der Waals surface area contributed by atoms with Crippen molar-refractivity contribution in [2.24, 2.45) is 11.3 Å². The molecule has 0 aromatic heterocycles. The number of aliphatic hydroxyl groups excluding tert-OH is 1. The SMILES string of the molecule is CC1CCCC(CO)(NS(=O)(=O)CC(C)(C)C)C1. The van der Waals surface area contributed by atoms with E-state index < -0.39 is 15.6 Å². The monoisotopic (exact) mass is 277 g/mol. The quantitative estimate of drug-likeness (QED) is 0.824. The maximum Gasteiger partial charge on any atom is 0.212 e. The molecule has 0 bridgehead atoms. The van der Waals surface area contributed by atoms with Gasteiger partial charge in [0, 0.05) is 0 Å². The Kier molecular flexibility index (Phi) is 4.84. The van der Waals surface area contributed by atoms with Gasteiger partial charge in [0.1, 0.15) is 0 Å². The van der Waals surface area contributed by atoms with Crippen LogP contribution in [-0.2, 0) is 10.0 Å². The molecular formula is C13H27NO3S. The lowest BCUT2D eigenvalue weighted by Gasteiger charge is -2.39. The van der Waals surface area contributed by atoms with Crippen LogP contribution in [0.3, 0.4) is 0 Å². The first kappa shape index (κ1) is 15.9. The standard InChI is InChI=1S/C13H27NO3S/c1-11-6-5-7-13(8-11,9-15)14-18(16,17)10-12(2,3)4/h11,14-15H,5-10H2,1-4H3. The molecule has 0 aromatic rings. The Balaban J connectivity index is 2.79. The second-order valence-corrected chi connectivity index (χ2v) is 8.78. The summed E-state index contributed by atoms with van der Waals surface area (Å²) in [7, 11) is -3.34. The summed E-state index contributed by atoms with van der Waals surface area (Å²) in [6.45, 7) is 7.71. The molecule has 4 nitrogen and oxygen atoms in total. The maximum absolute atomic E-state index is 12.2. The molecule has 2 atom stereocenters. The van der Waals surface area contributed by atoms with Crippen molar-refractivity contribution in [2.75, 3.05) is 12.4 Å². The van der Waals surface area contributed by atoms with Gasteiger partial charge in [-0.25, -0.2) is 13.1 Å². The molecule has 1 aliphatic rings. The second kappa shape index (κ2) is 5.47. The minimum atomic E-state index is -3.34. The van der Waals surface area contributed by atoms with E-state index in [9.17, 15) is 13.5 Å². The average Bonchev–Trinajstić information content (AvgIpc) is 2.12. The van der Waals surface area contributed by atoms with Crippen molar-refractivity contribution in [2.45, 2.75) is 58.9 Å². The Hall–Kier alpha value is -0.130. The van der Waals surface area contributed by atoms with Crippen LogP contribution in [0.4, 0.5) is 0 Å². The fourth-order valence-electron chi connectivity index (χ4n) is 2.86. The predicted octanol–water partition coefficient (Wildman–Crippen LogP) is 1.89. The highest BCUT2D eigenvalue weighted by atomic mass is 32.2. The van der Waals surface area contributed by atoms with Crippen LogP contribution < -0.4 is 4.72 Å². The van der Waals surface area contributed by atoms with Crippen LogP contribution in [0.5, 0.6) is 0 Å². The molecule has 1 saturated carbocycles. The van der Waals surface area contributed by atoms with Crippen molar-refractivity contribution in [1.82, 2.24) is 4.72 Å². The maximum atomic E-state index is 12.2. The Morgan fingerprint density at radius 2 is 2.00 bits per heavy atom. The van der Waals surface area contributed by atoms with Gasteiger partial charge < -0.3 is 5.11 Å². The summed E-state index contributed by atoms with van der Waals surface area (Å²) in [6.07, 6.45) is 3.55. The molecule has 0 saturated heterocycles. The number of aliphatic hydroxyl groups is 1. The first-order chi connectivity index (χ1) is 8.08. The van der Waals surface area contributed by atoms with E-state index in [0.717, 1.165) is 25.7 Å². The number of hydrogen-bond acceptors (Lipinski definition) is 3. The third kappa shape index (κ3) is 4.86. The molecular weight excluding hydrogens is 250 g/mol. The fraction of sp³-hybridized carbons (Fsp3) is 1.00. The molecule has 1 fully saturated rings. The van der Waals surface area contributed by atoms with Crippen LogP contribution >= 0.6 is 0 Å². The topological polar surface area (TPSA) is 66.4 Å². The zero-order valence-electron chi connectivity index (χ0n) is 12.0. The van der Waals surface area contributed by atoms with Gasteiger partial charge in [0.15, 0.2) is 0 Å². The van der Waals surface area contributed by atoms with Crippen molar-refractivity contribution in [3.05, 3.63) is 0 Å². The molecule has 108 valence electrons. The molecule has 2 N–H and O–H groups in total. The van der Waals surface area contributed by atoms with Gasteiger partial charge in [0.2, 0.25) is 10.0 Å². The van der Waals surface area contributed by atoms with E-state index in [4.69, 9.17) is 0 Å². The number of hydrogen-bond donors (Lipinski definition) is 2. The minimum absolute atomic E-state index is 0.0934. The predicted molar refractivity (Wildman–Crippen MR) is 73.8 cm³/mol. The molecule has 5 heteroatoms. The van der Waals surface area contributed by atoms with E-state index in [-0.39, 0.29) is 17.8 Å². The van der Waals surface area contributed by atoms with Gasteiger partial charge in [-0.15, -0.1) is 0 Å². The first-order valence-corrected chi connectivity index (χ1v) is 8.35. The zero-order chi connectivity index (χ0) is 14.0. The van der Waals surface area contributed by atoms with E-state index in [0.29, 0.717) is 5.92 Å². The summed E-state index contributed by atoms with van der Waals surface area (Å²) >= 11 is 0. The summed E-state index contributed by atoms with van der Waals surface area (Å²) in [5.74, 6) is 0.555. The Labute approximate surface area is 111 Å². The van der Waals surface area contributed by atoms with Crippen molar-refractivity contribution >= 4 is 10.0 Å². The Bertz CT molecular complexity index is 372. The van der Waals surface area contributed by atoms with Gasteiger partial charge >= 0.3 is 0 Å². The van der Waals surface area contributed by atoms with Crippen molar-refractivity contribution in [1.29, 1.82) is 0 Å². The lowest BCUT2D eigenvalue weighted by molar-refractivity contribution is 0.119. The fourth-order valence-corrected chi connectivity index (χ4v) is 4.99. The minimum Gasteiger partial charge on any atom is -0.394 e. The van der Waals surface area contributed by atoms with E-state index in [1.807, 2.05) is 20.8 Å². The summed E-state index contributed by atoms with van der Waals surface area (Å²) in [5, 5.41) is 9.59. The first-order valence-electron chi connectivity index (χ1n) is 6.70. The van der Waals surface area contributed by atoms with Gasteiger partial charge in [-0.3, -0.25) is 0 Å². The molecule has 0 spiro atoms. The smallest absolute Gasteiger partial charge is 0.212 e. The molecule has 0 heterocycles. The normalized spacial score (nSPS) is 30.4. The van der Waals surface area contributed by atoms with Crippen molar-refractivity contribution in [3.63, 3.8) is 0 Å². The van der Waals surface area contributed by atoms with Gasteiger partial charge in [-0.2, -0.15) is 0 Å². The summed E-state index contributed by atoms with van der Waals surface area (Å²) in [4.78, 5) is 0. The van der Waals surface area contributed by atoms with E-state index in [2.05, 4.69) is 11.6 Å². The molecule has 0 amide bonds. The third-order valence-electron chi connectivity index (χ3n) is 3.39. The second-order valence-electron chi connectivity index (χ2n) is 7.06. The highest BCUT2D eigenvalue weighted by molar-refractivity contribution is 7.89. The molecule has 0 radical (unpaired) electrons. The zero-order valence-corrected chi connectivity index (χ0v) is 12.8. The number of nitrogens with one attached hydrogen (secondary N) is 1.